The van der Waals surface area contributed by atoms with Crippen molar-refractivity contribution in [1.82, 2.24) is 9.88 Å². The molecule has 0 bridgehead atoms. The smallest absolute Gasteiger partial charge is 0.210 e. The number of methoxy groups -OCH3 is 1. The Labute approximate surface area is 196 Å². The third-order valence-corrected chi connectivity index (χ3v) is 7.43. The summed E-state index contributed by atoms with van der Waals surface area (Å²) in [5, 5.41) is 1.28. The fourth-order valence-corrected chi connectivity index (χ4v) is 5.63. The number of carbonyl (C=O) groups is 1. The molecule has 2 aliphatic carbocycles. The number of hydrogen-bond acceptors (Lipinski definition) is 3. The molecular weight excluding hydrogens is 412 g/mol. The summed E-state index contributed by atoms with van der Waals surface area (Å²) in [5.74, 6) is 1.77. The van der Waals surface area contributed by atoms with Crippen molar-refractivity contribution in [2.45, 2.75) is 70.4 Å². The maximum absolute atomic E-state index is 12.0. The Bertz CT molecular complexity index is 1120. The van der Waals surface area contributed by atoms with E-state index in [1.165, 1.54) is 46.0 Å². The number of piperidine rings is 1. The fraction of sp³-hybridized carbons (Fsp3) is 0.464. The number of allylic oxidation sites excluding steroid dienone is 2. The zero-order valence-electron chi connectivity index (χ0n) is 19.7. The number of aromatic nitrogens is 1. The summed E-state index contributed by atoms with van der Waals surface area (Å²) in [6.45, 7) is 2.87. The molecule has 1 aromatic heterocycles. The second-order valence-electron chi connectivity index (χ2n) is 9.56. The molecule has 5 heteroatoms. The predicted octanol–water partition coefficient (Wildman–Crippen LogP) is 5.71. The molecule has 2 fully saturated rings. The Morgan fingerprint density at radius 2 is 2.09 bits per heavy atom. The third kappa shape index (κ3) is 4.46. The van der Waals surface area contributed by atoms with Gasteiger partial charge in [0, 0.05) is 30.1 Å². The number of benzene rings is 1. The number of nitrogens with zero attached hydrogens (tertiary/aromatic N) is 1. The normalized spacial score (nSPS) is 21.5. The van der Waals surface area contributed by atoms with Gasteiger partial charge in [-0.2, -0.15) is 0 Å². The number of aromatic amines is 1. The summed E-state index contributed by atoms with van der Waals surface area (Å²) in [6.07, 6.45) is 16.0. The van der Waals surface area contributed by atoms with Crippen molar-refractivity contribution in [2.24, 2.45) is 0 Å². The number of amides is 1. The van der Waals surface area contributed by atoms with E-state index in [2.05, 4.69) is 48.5 Å². The van der Waals surface area contributed by atoms with Gasteiger partial charge >= 0.3 is 0 Å². The van der Waals surface area contributed by atoms with Crippen LogP contribution in [0.5, 0.6) is 0 Å². The van der Waals surface area contributed by atoms with Crippen LogP contribution in [-0.2, 0) is 20.7 Å². The minimum absolute atomic E-state index is 0.0706. The van der Waals surface area contributed by atoms with Crippen molar-refractivity contribution in [3.8, 4) is 0 Å². The lowest BCUT2D eigenvalue weighted by Gasteiger charge is -2.36. The monoisotopic (exact) mass is 446 g/mol. The summed E-state index contributed by atoms with van der Waals surface area (Å²) in [7, 11) is 1.73. The number of fused-ring (bicyclic) bond motifs is 2. The van der Waals surface area contributed by atoms with Gasteiger partial charge in [0.25, 0.3) is 0 Å². The highest BCUT2D eigenvalue weighted by Gasteiger charge is 2.31. The first-order valence-electron chi connectivity index (χ1n) is 12.3. The average Bonchev–Trinajstić information content (AvgIpc) is 3.44. The van der Waals surface area contributed by atoms with Gasteiger partial charge in [-0.3, -0.25) is 4.79 Å². The minimum atomic E-state index is 0.0706. The van der Waals surface area contributed by atoms with E-state index >= 15 is 0 Å². The summed E-state index contributed by atoms with van der Waals surface area (Å²) < 4.78 is 12.2. The van der Waals surface area contributed by atoms with Crippen LogP contribution < -0.4 is 0 Å². The third-order valence-electron chi connectivity index (χ3n) is 7.43. The summed E-state index contributed by atoms with van der Waals surface area (Å²) in [6, 6.07) is 6.60. The van der Waals surface area contributed by atoms with Crippen molar-refractivity contribution in [2.75, 3.05) is 13.7 Å². The van der Waals surface area contributed by atoms with Crippen LogP contribution in [0.15, 0.2) is 59.2 Å². The molecule has 5 nitrogen and oxygen atoms in total. The second-order valence-corrected chi connectivity index (χ2v) is 9.56. The minimum Gasteiger partial charge on any atom is -0.493 e. The molecule has 1 unspecified atom stereocenters. The first kappa shape index (κ1) is 21.9. The first-order valence-corrected chi connectivity index (χ1v) is 12.3. The molecule has 1 atom stereocenters. The number of aryl methyl sites for hydroxylation is 2. The number of ether oxygens (including phenoxy) is 2. The summed E-state index contributed by atoms with van der Waals surface area (Å²) >= 11 is 0. The van der Waals surface area contributed by atoms with Crippen LogP contribution in [0.1, 0.15) is 56.1 Å². The maximum Gasteiger partial charge on any atom is 0.210 e. The van der Waals surface area contributed by atoms with E-state index in [1.807, 2.05) is 4.90 Å². The molecule has 0 spiro atoms. The molecule has 1 saturated carbocycles. The van der Waals surface area contributed by atoms with Crippen molar-refractivity contribution >= 4 is 17.3 Å². The Kier molecular flexibility index (Phi) is 6.30. The molecular formula is C28H34N2O3. The molecule has 1 amide bonds. The molecule has 5 rings (SSSR count). The number of rotatable bonds is 7. The lowest BCUT2D eigenvalue weighted by molar-refractivity contribution is -0.120. The Morgan fingerprint density at radius 3 is 2.88 bits per heavy atom. The van der Waals surface area contributed by atoms with Crippen molar-refractivity contribution in [3.63, 3.8) is 0 Å². The Balaban J connectivity index is 1.39. The molecule has 2 aromatic rings. The number of carbonyl (C=O) groups excluding carboxylic acids is 1. The van der Waals surface area contributed by atoms with Gasteiger partial charge in [-0.1, -0.05) is 17.7 Å². The molecule has 2 heterocycles. The SMILES string of the molecule is COC1=C(OC2CCCC2)CC=C2C(=C1)CCN(C=O)C2CCc1c[nH]c2ccc(C)cc12. The highest BCUT2D eigenvalue weighted by Crippen LogP contribution is 2.36. The number of nitrogens with one attached hydrogen (secondary N) is 1. The van der Waals surface area contributed by atoms with Crippen molar-refractivity contribution < 1.29 is 14.3 Å². The average molecular weight is 447 g/mol. The van der Waals surface area contributed by atoms with E-state index in [0.717, 1.165) is 56.6 Å². The van der Waals surface area contributed by atoms with E-state index in [-0.39, 0.29) is 6.04 Å². The predicted molar refractivity (Wildman–Crippen MR) is 131 cm³/mol. The molecule has 174 valence electrons. The maximum atomic E-state index is 12.0. The van der Waals surface area contributed by atoms with Crippen LogP contribution >= 0.6 is 0 Å². The van der Waals surface area contributed by atoms with Crippen LogP contribution in [0.2, 0.25) is 0 Å². The van der Waals surface area contributed by atoms with Crippen molar-refractivity contribution in [1.29, 1.82) is 0 Å². The van der Waals surface area contributed by atoms with E-state index in [1.54, 1.807) is 7.11 Å². The summed E-state index contributed by atoms with van der Waals surface area (Å²) in [4.78, 5) is 17.3. The van der Waals surface area contributed by atoms with Gasteiger partial charge in [0.05, 0.1) is 19.3 Å². The van der Waals surface area contributed by atoms with Crippen LogP contribution in [-0.4, -0.2) is 42.1 Å². The number of H-pyrrole nitrogens is 1. The van der Waals surface area contributed by atoms with E-state index in [4.69, 9.17) is 9.47 Å². The largest absolute Gasteiger partial charge is 0.493 e. The van der Waals surface area contributed by atoms with Gasteiger partial charge in [-0.05, 0) is 86.8 Å². The van der Waals surface area contributed by atoms with Gasteiger partial charge in [-0.15, -0.1) is 0 Å². The lowest BCUT2D eigenvalue weighted by atomic mass is 9.86. The van der Waals surface area contributed by atoms with Crippen molar-refractivity contribution in [3.05, 3.63) is 70.3 Å². The quantitative estimate of drug-likeness (QED) is 0.554. The number of likely N-dealkylation sites (tertiary alicyclic amines) is 1. The molecule has 0 radical (unpaired) electrons. The molecule has 1 N–H and O–H groups in total. The molecule has 1 aromatic carbocycles. The van der Waals surface area contributed by atoms with E-state index in [0.29, 0.717) is 12.5 Å². The van der Waals surface area contributed by atoms with Crippen LogP contribution in [0, 0.1) is 6.92 Å². The molecule has 1 saturated heterocycles. The fourth-order valence-electron chi connectivity index (χ4n) is 5.63. The molecule has 3 aliphatic rings. The zero-order valence-corrected chi connectivity index (χ0v) is 19.7. The second kappa shape index (κ2) is 9.50. The van der Waals surface area contributed by atoms with E-state index in [9.17, 15) is 4.79 Å². The standard InChI is InChI=1S/C28H34N2O3/c1-19-7-10-25-24(15-19)21(17-29-25)8-11-26-23-9-12-27(33-22-5-3-4-6-22)28(32-2)16-20(23)13-14-30(26)18-31/h7,9-10,15-18,22,26,29H,3-6,8,11-14H2,1-2H3. The Morgan fingerprint density at radius 1 is 1.24 bits per heavy atom. The highest BCUT2D eigenvalue weighted by atomic mass is 16.5. The van der Waals surface area contributed by atoms with Crippen LogP contribution in [0.3, 0.4) is 0 Å². The highest BCUT2D eigenvalue weighted by molar-refractivity contribution is 5.83. The molecule has 1 aliphatic heterocycles. The first-order chi connectivity index (χ1) is 16.2. The van der Waals surface area contributed by atoms with Crippen LogP contribution in [0.25, 0.3) is 10.9 Å². The zero-order chi connectivity index (χ0) is 22.8. The van der Waals surface area contributed by atoms with Gasteiger partial charge in [-0.25, -0.2) is 0 Å². The van der Waals surface area contributed by atoms with Gasteiger partial charge < -0.3 is 19.4 Å². The lowest BCUT2D eigenvalue weighted by Crippen LogP contribution is -2.41. The summed E-state index contributed by atoms with van der Waals surface area (Å²) in [5.41, 5.74) is 6.27. The number of hydrogen-bond donors (Lipinski definition) is 1. The molecule has 33 heavy (non-hydrogen) atoms. The Hall–Kier alpha value is -2.95. The van der Waals surface area contributed by atoms with E-state index < -0.39 is 0 Å². The topological polar surface area (TPSA) is 54.6 Å². The van der Waals surface area contributed by atoms with Gasteiger partial charge in [0.15, 0.2) is 5.76 Å². The van der Waals surface area contributed by atoms with Crippen LogP contribution in [0.4, 0.5) is 0 Å². The van der Waals surface area contributed by atoms with Gasteiger partial charge in [0.1, 0.15) is 5.76 Å². The van der Waals surface area contributed by atoms with Gasteiger partial charge in [0.2, 0.25) is 6.41 Å².